The quantitative estimate of drug-likeness (QED) is 0.756. The van der Waals surface area contributed by atoms with E-state index < -0.39 is 16.8 Å². The van der Waals surface area contributed by atoms with Crippen LogP contribution in [0.3, 0.4) is 0 Å². The van der Waals surface area contributed by atoms with Gasteiger partial charge in [0.1, 0.15) is 11.9 Å². The lowest BCUT2D eigenvalue weighted by Gasteiger charge is -2.44. The number of carbonyl (C=O) groups is 1. The maximum Gasteiger partial charge on any atom is 0.410 e. The van der Waals surface area contributed by atoms with E-state index in [1.807, 2.05) is 39.5 Å². The van der Waals surface area contributed by atoms with E-state index in [2.05, 4.69) is 9.97 Å². The van der Waals surface area contributed by atoms with Gasteiger partial charge in [-0.25, -0.2) is 14.8 Å². The van der Waals surface area contributed by atoms with E-state index in [1.165, 1.54) is 0 Å². The van der Waals surface area contributed by atoms with E-state index in [-0.39, 0.29) is 18.2 Å². The standard InChI is InChI=1S/C16H26N4O3S/c1-11-9-19(14-17-7-13(8-18-14)24(6)22)10-12(2)20(11)15(21)23-16(3,4)5/h7-8,11-12H,9-10H2,1-6H3/t11-,12+,24?. The molecule has 0 N–H and O–H groups in total. The van der Waals surface area contributed by atoms with Gasteiger partial charge in [0.05, 0.1) is 24.5 Å². The second-order valence-electron chi connectivity index (χ2n) is 7.16. The summed E-state index contributed by atoms with van der Waals surface area (Å²) in [5, 5.41) is 0. The number of rotatable bonds is 2. The van der Waals surface area contributed by atoms with Crippen LogP contribution in [-0.2, 0) is 15.9 Å². The van der Waals surface area contributed by atoms with E-state index in [1.54, 1.807) is 23.5 Å². The van der Waals surface area contributed by atoms with Gasteiger partial charge in [-0.2, -0.15) is 0 Å². The highest BCUT2D eigenvalue weighted by Crippen LogP contribution is 2.22. The van der Waals surface area contributed by atoms with Gasteiger partial charge < -0.3 is 14.2 Å². The lowest BCUT2D eigenvalue weighted by atomic mass is 10.1. The van der Waals surface area contributed by atoms with Gasteiger partial charge >= 0.3 is 6.09 Å². The first-order chi connectivity index (χ1) is 11.1. The van der Waals surface area contributed by atoms with Crippen molar-refractivity contribution in [3.05, 3.63) is 12.4 Å². The number of ether oxygens (including phenoxy) is 1. The van der Waals surface area contributed by atoms with Gasteiger partial charge in [-0.05, 0) is 45.8 Å². The van der Waals surface area contributed by atoms with Crippen LogP contribution in [0.15, 0.2) is 17.3 Å². The molecule has 1 amide bonds. The normalized spacial score (nSPS) is 23.1. The number of anilines is 1. The molecule has 1 aliphatic rings. The molecule has 3 atom stereocenters. The SMILES string of the molecule is C[C@@H]1CN(c2ncc([S+](C)[O-])cn2)C[C@H](C)N1C(=O)OC(C)(C)C. The highest BCUT2D eigenvalue weighted by Gasteiger charge is 2.36. The van der Waals surface area contributed by atoms with Gasteiger partial charge in [0, 0.05) is 13.1 Å². The number of piperazine rings is 1. The van der Waals surface area contributed by atoms with E-state index in [0.29, 0.717) is 23.9 Å². The molecule has 0 radical (unpaired) electrons. The Hall–Kier alpha value is -1.54. The molecule has 0 aromatic carbocycles. The third-order valence-electron chi connectivity index (χ3n) is 3.75. The van der Waals surface area contributed by atoms with Crippen LogP contribution in [0, 0.1) is 0 Å². The molecule has 134 valence electrons. The first kappa shape index (κ1) is 18.8. The Morgan fingerprint density at radius 1 is 1.25 bits per heavy atom. The van der Waals surface area contributed by atoms with Gasteiger partial charge in [0.25, 0.3) is 0 Å². The van der Waals surface area contributed by atoms with Crippen molar-refractivity contribution in [3.8, 4) is 0 Å². The van der Waals surface area contributed by atoms with Crippen LogP contribution in [0.1, 0.15) is 34.6 Å². The highest BCUT2D eigenvalue weighted by atomic mass is 32.2. The minimum absolute atomic E-state index is 0.0211. The molecule has 7 nitrogen and oxygen atoms in total. The average molecular weight is 354 g/mol. The molecular formula is C16H26N4O3S. The van der Waals surface area contributed by atoms with Crippen LogP contribution in [0.5, 0.6) is 0 Å². The molecule has 1 saturated heterocycles. The number of hydrogen-bond acceptors (Lipinski definition) is 6. The van der Waals surface area contributed by atoms with Gasteiger partial charge in [-0.3, -0.25) is 4.90 Å². The molecule has 8 heteroatoms. The van der Waals surface area contributed by atoms with Crippen molar-refractivity contribution in [1.29, 1.82) is 0 Å². The Bertz CT molecular complexity index is 562. The highest BCUT2D eigenvalue weighted by molar-refractivity contribution is 7.90. The van der Waals surface area contributed by atoms with Crippen LogP contribution in [0.2, 0.25) is 0 Å². The molecule has 2 heterocycles. The monoisotopic (exact) mass is 354 g/mol. The molecule has 2 rings (SSSR count). The minimum Gasteiger partial charge on any atom is -0.612 e. The zero-order valence-electron chi connectivity index (χ0n) is 15.1. The van der Waals surface area contributed by atoms with Gasteiger partial charge in [-0.15, -0.1) is 0 Å². The summed E-state index contributed by atoms with van der Waals surface area (Å²) in [6.07, 6.45) is 4.49. The molecule has 1 aliphatic heterocycles. The molecule has 0 saturated carbocycles. The smallest absolute Gasteiger partial charge is 0.410 e. The summed E-state index contributed by atoms with van der Waals surface area (Å²) in [6, 6.07) is -0.0423. The molecule has 24 heavy (non-hydrogen) atoms. The fraction of sp³-hybridized carbons (Fsp3) is 0.688. The Balaban J connectivity index is 2.08. The molecule has 0 spiro atoms. The van der Waals surface area contributed by atoms with Crippen LogP contribution in [0.4, 0.5) is 10.7 Å². The predicted molar refractivity (Wildman–Crippen MR) is 93.6 cm³/mol. The zero-order valence-corrected chi connectivity index (χ0v) is 16.0. The summed E-state index contributed by atoms with van der Waals surface area (Å²) in [4.78, 5) is 25.5. The largest absolute Gasteiger partial charge is 0.612 e. The van der Waals surface area contributed by atoms with Crippen molar-refractivity contribution in [2.45, 2.75) is 57.2 Å². The van der Waals surface area contributed by atoms with Crippen LogP contribution >= 0.6 is 0 Å². The zero-order chi connectivity index (χ0) is 18.1. The van der Waals surface area contributed by atoms with Crippen LogP contribution in [-0.4, -0.2) is 62.5 Å². The first-order valence-electron chi connectivity index (χ1n) is 8.00. The van der Waals surface area contributed by atoms with Gasteiger partial charge in [0.15, 0.2) is 4.90 Å². The fourth-order valence-electron chi connectivity index (χ4n) is 2.78. The van der Waals surface area contributed by atoms with E-state index in [0.717, 1.165) is 0 Å². The van der Waals surface area contributed by atoms with E-state index in [9.17, 15) is 9.35 Å². The number of amides is 1. The predicted octanol–water partition coefficient (Wildman–Crippen LogP) is 2.05. The molecule has 0 bridgehead atoms. The average Bonchev–Trinajstić information content (AvgIpc) is 2.44. The van der Waals surface area contributed by atoms with Crippen LogP contribution in [0.25, 0.3) is 0 Å². The maximum absolute atomic E-state index is 12.4. The van der Waals surface area contributed by atoms with Crippen molar-refractivity contribution < 1.29 is 14.1 Å². The fourth-order valence-corrected chi connectivity index (χ4v) is 3.18. The number of carbonyl (C=O) groups excluding carboxylic acids is 1. The number of nitrogens with zero attached hydrogens (tertiary/aromatic N) is 4. The minimum atomic E-state index is -1.09. The lowest BCUT2D eigenvalue weighted by molar-refractivity contribution is 0.00554. The summed E-state index contributed by atoms with van der Waals surface area (Å²) in [5.41, 5.74) is -0.512. The van der Waals surface area contributed by atoms with Crippen molar-refractivity contribution in [2.24, 2.45) is 0 Å². The number of hydrogen-bond donors (Lipinski definition) is 0. The topological polar surface area (TPSA) is 81.6 Å². The van der Waals surface area contributed by atoms with Gasteiger partial charge in [-0.1, -0.05) is 0 Å². The van der Waals surface area contributed by atoms with Crippen LogP contribution < -0.4 is 4.90 Å². The molecule has 1 aromatic rings. The second-order valence-corrected chi connectivity index (χ2v) is 8.54. The van der Waals surface area contributed by atoms with E-state index >= 15 is 0 Å². The second kappa shape index (κ2) is 7.14. The third-order valence-corrected chi connectivity index (χ3v) is 4.63. The Morgan fingerprint density at radius 3 is 2.17 bits per heavy atom. The van der Waals surface area contributed by atoms with E-state index in [4.69, 9.17) is 4.74 Å². The van der Waals surface area contributed by atoms with Gasteiger partial charge in [0.2, 0.25) is 5.95 Å². The number of aromatic nitrogens is 2. The molecule has 1 unspecified atom stereocenters. The summed E-state index contributed by atoms with van der Waals surface area (Å²) < 4.78 is 16.9. The summed E-state index contributed by atoms with van der Waals surface area (Å²) in [6.45, 7) is 10.8. The van der Waals surface area contributed by atoms with Crippen molar-refractivity contribution in [1.82, 2.24) is 14.9 Å². The Labute approximate surface area is 146 Å². The Morgan fingerprint density at radius 2 is 1.75 bits per heavy atom. The van der Waals surface area contributed by atoms with Crippen molar-refractivity contribution in [2.75, 3.05) is 24.2 Å². The summed E-state index contributed by atoms with van der Waals surface area (Å²) >= 11 is -1.09. The maximum atomic E-state index is 12.4. The Kier molecular flexibility index (Phi) is 5.59. The summed E-state index contributed by atoms with van der Waals surface area (Å²) in [5.74, 6) is 0.590. The third kappa shape index (κ3) is 4.51. The molecular weight excluding hydrogens is 328 g/mol. The summed E-state index contributed by atoms with van der Waals surface area (Å²) in [7, 11) is 0. The molecule has 1 fully saturated rings. The molecule has 1 aromatic heterocycles. The lowest BCUT2D eigenvalue weighted by Crippen LogP contribution is -2.59. The van der Waals surface area contributed by atoms with Crippen molar-refractivity contribution in [3.63, 3.8) is 0 Å². The van der Waals surface area contributed by atoms with Crippen molar-refractivity contribution >= 4 is 23.2 Å². The first-order valence-corrected chi connectivity index (χ1v) is 9.56. The molecule has 0 aliphatic carbocycles.